The summed E-state index contributed by atoms with van der Waals surface area (Å²) < 4.78 is 0. The van der Waals surface area contributed by atoms with Crippen LogP contribution >= 0.6 is 0 Å². The molecule has 0 bridgehead atoms. The number of aromatic amines is 1. The maximum absolute atomic E-state index is 5.78. The molecule has 1 fully saturated rings. The molecule has 5 heteroatoms. The molecule has 0 aliphatic heterocycles. The fourth-order valence-electron chi connectivity index (χ4n) is 2.10. The van der Waals surface area contributed by atoms with Crippen LogP contribution in [0.25, 0.3) is 0 Å². The van der Waals surface area contributed by atoms with Crippen LogP contribution in [0.4, 0.5) is 5.95 Å². The van der Waals surface area contributed by atoms with Crippen molar-refractivity contribution in [2.24, 2.45) is 5.73 Å². The number of hydrogen-bond acceptors (Lipinski definition) is 4. The normalized spacial score (nSPS) is 20.7. The van der Waals surface area contributed by atoms with E-state index >= 15 is 0 Å². The molecule has 1 saturated carbocycles. The van der Waals surface area contributed by atoms with Crippen LogP contribution in [0.1, 0.15) is 31.5 Å². The van der Waals surface area contributed by atoms with E-state index in [4.69, 9.17) is 11.5 Å². The Hall–Kier alpha value is -1.10. The zero-order chi connectivity index (χ0) is 9.31. The molecule has 0 spiro atoms. The highest BCUT2D eigenvalue weighted by Crippen LogP contribution is 2.38. The molecule has 0 atom stereocenters. The highest BCUT2D eigenvalue weighted by atomic mass is 15.3. The van der Waals surface area contributed by atoms with Gasteiger partial charge in [-0.25, -0.2) is 0 Å². The van der Waals surface area contributed by atoms with Crippen molar-refractivity contribution in [1.29, 1.82) is 0 Å². The topological polar surface area (TPSA) is 93.6 Å². The molecule has 1 aliphatic rings. The first-order valence-electron chi connectivity index (χ1n) is 4.65. The summed E-state index contributed by atoms with van der Waals surface area (Å²) in [4.78, 5) is 4.17. The number of nitrogen functional groups attached to an aromatic ring is 1. The fraction of sp³-hybridized carbons (Fsp3) is 0.750. The predicted octanol–water partition coefficient (Wildman–Crippen LogP) is 0.157. The van der Waals surface area contributed by atoms with Crippen LogP contribution in [-0.2, 0) is 5.41 Å². The average molecular weight is 181 g/mol. The molecule has 0 saturated heterocycles. The maximum atomic E-state index is 5.78. The highest BCUT2D eigenvalue weighted by Gasteiger charge is 2.37. The van der Waals surface area contributed by atoms with Crippen molar-refractivity contribution in [1.82, 2.24) is 15.2 Å². The summed E-state index contributed by atoms with van der Waals surface area (Å²) in [7, 11) is 0. The number of hydrogen-bond donors (Lipinski definition) is 3. The minimum atomic E-state index is 0.0185. The minimum Gasteiger partial charge on any atom is -0.367 e. The van der Waals surface area contributed by atoms with Gasteiger partial charge < -0.3 is 11.5 Å². The van der Waals surface area contributed by atoms with Crippen LogP contribution < -0.4 is 11.5 Å². The number of rotatable bonds is 2. The summed E-state index contributed by atoms with van der Waals surface area (Å²) in [6.07, 6.45) is 4.63. The summed E-state index contributed by atoms with van der Waals surface area (Å²) in [5, 5.41) is 6.71. The van der Waals surface area contributed by atoms with Crippen LogP contribution in [-0.4, -0.2) is 21.7 Å². The zero-order valence-corrected chi connectivity index (χ0v) is 7.58. The third-order valence-electron chi connectivity index (χ3n) is 2.96. The molecule has 1 heterocycles. The standard InChI is InChI=1S/C8H15N5/c9-5-8(3-1-2-4-8)6-11-7(10)13-12-6/h1-5,9H2,(H3,10,11,12,13). The van der Waals surface area contributed by atoms with Gasteiger partial charge in [-0.2, -0.15) is 4.98 Å². The van der Waals surface area contributed by atoms with Gasteiger partial charge in [0.1, 0.15) is 5.82 Å². The second-order valence-corrected chi connectivity index (χ2v) is 3.73. The highest BCUT2D eigenvalue weighted by molar-refractivity contribution is 5.19. The number of nitrogens with two attached hydrogens (primary N) is 2. The van der Waals surface area contributed by atoms with E-state index in [2.05, 4.69) is 15.2 Å². The first-order valence-corrected chi connectivity index (χ1v) is 4.65. The lowest BCUT2D eigenvalue weighted by atomic mass is 9.85. The van der Waals surface area contributed by atoms with Gasteiger partial charge in [0.05, 0.1) is 0 Å². The zero-order valence-electron chi connectivity index (χ0n) is 7.58. The van der Waals surface area contributed by atoms with Crippen LogP contribution in [0.5, 0.6) is 0 Å². The summed E-state index contributed by atoms with van der Waals surface area (Å²) in [6.45, 7) is 0.627. The van der Waals surface area contributed by atoms with Gasteiger partial charge in [0.25, 0.3) is 0 Å². The van der Waals surface area contributed by atoms with Crippen LogP contribution in [0.15, 0.2) is 0 Å². The third kappa shape index (κ3) is 1.29. The van der Waals surface area contributed by atoms with Crippen LogP contribution in [0.2, 0.25) is 0 Å². The average Bonchev–Trinajstić information content (AvgIpc) is 2.73. The minimum absolute atomic E-state index is 0.0185. The Balaban J connectivity index is 2.30. The lowest BCUT2D eigenvalue weighted by molar-refractivity contribution is 0.426. The molecule has 2 rings (SSSR count). The Morgan fingerprint density at radius 2 is 2.08 bits per heavy atom. The van der Waals surface area contributed by atoms with E-state index in [0.717, 1.165) is 18.7 Å². The van der Waals surface area contributed by atoms with Gasteiger partial charge in [0.15, 0.2) is 0 Å². The summed E-state index contributed by atoms with van der Waals surface area (Å²) in [5.41, 5.74) is 11.3. The van der Waals surface area contributed by atoms with Gasteiger partial charge in [0, 0.05) is 12.0 Å². The Kier molecular flexibility index (Phi) is 1.95. The second-order valence-electron chi connectivity index (χ2n) is 3.73. The molecule has 0 radical (unpaired) electrons. The number of nitrogens with one attached hydrogen (secondary N) is 1. The van der Waals surface area contributed by atoms with Crippen molar-refractivity contribution >= 4 is 5.95 Å². The van der Waals surface area contributed by atoms with Gasteiger partial charge in [-0.05, 0) is 12.8 Å². The number of nitrogens with zero attached hydrogens (tertiary/aromatic N) is 2. The van der Waals surface area contributed by atoms with Gasteiger partial charge in [-0.1, -0.05) is 12.8 Å². The van der Waals surface area contributed by atoms with E-state index in [9.17, 15) is 0 Å². The SMILES string of the molecule is NCC1(c2nc(N)n[nH]2)CCCC1. The molecule has 0 amide bonds. The fourth-order valence-corrected chi connectivity index (χ4v) is 2.10. The molecular formula is C8H15N5. The summed E-state index contributed by atoms with van der Waals surface area (Å²) in [6, 6.07) is 0. The van der Waals surface area contributed by atoms with E-state index in [1.54, 1.807) is 0 Å². The molecule has 0 unspecified atom stereocenters. The number of anilines is 1. The van der Waals surface area contributed by atoms with Crippen molar-refractivity contribution in [2.45, 2.75) is 31.1 Å². The smallest absolute Gasteiger partial charge is 0.239 e. The van der Waals surface area contributed by atoms with Crippen molar-refractivity contribution in [2.75, 3.05) is 12.3 Å². The van der Waals surface area contributed by atoms with Crippen molar-refractivity contribution < 1.29 is 0 Å². The van der Waals surface area contributed by atoms with Gasteiger partial charge >= 0.3 is 0 Å². The number of H-pyrrole nitrogens is 1. The van der Waals surface area contributed by atoms with Gasteiger partial charge in [0.2, 0.25) is 5.95 Å². The van der Waals surface area contributed by atoms with E-state index in [0.29, 0.717) is 12.5 Å². The molecule has 13 heavy (non-hydrogen) atoms. The maximum Gasteiger partial charge on any atom is 0.239 e. The van der Waals surface area contributed by atoms with Gasteiger partial charge in [-0.15, -0.1) is 5.10 Å². The Morgan fingerprint density at radius 3 is 2.54 bits per heavy atom. The van der Waals surface area contributed by atoms with E-state index in [-0.39, 0.29) is 5.41 Å². The first kappa shape index (κ1) is 8.50. The molecule has 72 valence electrons. The predicted molar refractivity (Wildman–Crippen MR) is 50.0 cm³/mol. The van der Waals surface area contributed by atoms with Crippen molar-refractivity contribution in [3.05, 3.63) is 5.82 Å². The molecule has 1 aliphatic carbocycles. The largest absolute Gasteiger partial charge is 0.367 e. The van der Waals surface area contributed by atoms with Crippen molar-refractivity contribution in [3.8, 4) is 0 Å². The summed E-state index contributed by atoms with van der Waals surface area (Å²) >= 11 is 0. The lowest BCUT2D eigenvalue weighted by Gasteiger charge is -2.23. The third-order valence-corrected chi connectivity index (χ3v) is 2.96. The first-order chi connectivity index (χ1) is 6.27. The van der Waals surface area contributed by atoms with Crippen LogP contribution in [0, 0.1) is 0 Å². The van der Waals surface area contributed by atoms with E-state index in [1.165, 1.54) is 12.8 Å². The lowest BCUT2D eigenvalue weighted by Crippen LogP contribution is -2.33. The Morgan fingerprint density at radius 1 is 1.38 bits per heavy atom. The van der Waals surface area contributed by atoms with Crippen LogP contribution in [0.3, 0.4) is 0 Å². The Labute approximate surface area is 76.9 Å². The summed E-state index contributed by atoms with van der Waals surface area (Å²) in [5.74, 6) is 1.18. The second kappa shape index (κ2) is 2.99. The molecular weight excluding hydrogens is 166 g/mol. The molecule has 1 aromatic heterocycles. The quantitative estimate of drug-likeness (QED) is 0.605. The number of aromatic nitrogens is 3. The molecule has 5 nitrogen and oxygen atoms in total. The van der Waals surface area contributed by atoms with Gasteiger partial charge in [-0.3, -0.25) is 5.10 Å². The van der Waals surface area contributed by atoms with E-state index in [1.807, 2.05) is 0 Å². The molecule has 1 aromatic rings. The van der Waals surface area contributed by atoms with Crippen molar-refractivity contribution in [3.63, 3.8) is 0 Å². The molecule has 5 N–H and O–H groups in total. The Bertz CT molecular complexity index is 286. The molecule has 0 aromatic carbocycles. The van der Waals surface area contributed by atoms with E-state index < -0.39 is 0 Å². The monoisotopic (exact) mass is 181 g/mol.